The number of aromatic hydroxyl groups is 1. The highest BCUT2D eigenvalue weighted by atomic mass is 16.3. The number of phenolic OH excluding ortho intramolecular Hbond substituents is 1. The van der Waals surface area contributed by atoms with Crippen LogP contribution in [0, 0.1) is 17.3 Å². The topological polar surface area (TPSA) is 72.9 Å². The molecule has 2 aliphatic heterocycles. The Hall–Kier alpha value is -2.24. The zero-order chi connectivity index (χ0) is 18.2. The molecule has 0 bridgehead atoms. The molecule has 1 aromatic carbocycles. The van der Waals surface area contributed by atoms with Gasteiger partial charge in [-0.15, -0.1) is 0 Å². The fourth-order valence-corrected chi connectivity index (χ4v) is 3.81. The average molecular weight is 345 g/mol. The molecule has 2 amide bonds. The monoisotopic (exact) mass is 345 g/mol. The van der Waals surface area contributed by atoms with Crippen LogP contribution in [0.5, 0.6) is 5.75 Å². The first-order valence-corrected chi connectivity index (χ1v) is 8.88. The van der Waals surface area contributed by atoms with Crippen molar-refractivity contribution in [2.45, 2.75) is 20.8 Å². The minimum atomic E-state index is -0.586. The Morgan fingerprint density at radius 2 is 1.80 bits per heavy atom. The van der Waals surface area contributed by atoms with E-state index in [1.807, 2.05) is 12.1 Å². The summed E-state index contributed by atoms with van der Waals surface area (Å²) in [5.41, 5.74) is 0.692. The quantitative estimate of drug-likeness (QED) is 0.796. The molecule has 3 rings (SSSR count). The molecule has 2 unspecified atom stereocenters. The van der Waals surface area contributed by atoms with Gasteiger partial charge in [0.2, 0.25) is 11.8 Å². The van der Waals surface area contributed by atoms with Crippen molar-refractivity contribution >= 4 is 17.5 Å². The third-order valence-electron chi connectivity index (χ3n) is 5.37. The third-order valence-corrected chi connectivity index (χ3v) is 5.37. The Labute approximate surface area is 148 Å². The maximum Gasteiger partial charge on any atom is 0.235 e. The Morgan fingerprint density at radius 1 is 1.16 bits per heavy atom. The van der Waals surface area contributed by atoms with E-state index in [2.05, 4.69) is 31.0 Å². The zero-order valence-corrected chi connectivity index (χ0v) is 15.2. The van der Waals surface area contributed by atoms with E-state index in [1.165, 1.54) is 0 Å². The van der Waals surface area contributed by atoms with E-state index in [0.29, 0.717) is 32.7 Å². The van der Waals surface area contributed by atoms with Crippen LogP contribution in [0.3, 0.4) is 0 Å². The maximum atomic E-state index is 13.0. The number of carbonyl (C=O) groups excluding carboxylic acids is 2. The highest BCUT2D eigenvalue weighted by molar-refractivity contribution is 6.02. The van der Waals surface area contributed by atoms with E-state index in [9.17, 15) is 14.7 Å². The van der Waals surface area contributed by atoms with Gasteiger partial charge in [0.05, 0.1) is 5.69 Å². The number of hydrogen-bond acceptors (Lipinski definition) is 4. The molecule has 25 heavy (non-hydrogen) atoms. The van der Waals surface area contributed by atoms with Crippen LogP contribution in [0.15, 0.2) is 24.3 Å². The Balaban J connectivity index is 1.67. The third kappa shape index (κ3) is 3.43. The average Bonchev–Trinajstić information content (AvgIpc) is 2.97. The predicted molar refractivity (Wildman–Crippen MR) is 96.3 cm³/mol. The number of piperazine rings is 1. The van der Waals surface area contributed by atoms with Gasteiger partial charge < -0.3 is 20.2 Å². The van der Waals surface area contributed by atoms with Gasteiger partial charge >= 0.3 is 0 Å². The van der Waals surface area contributed by atoms with Crippen LogP contribution >= 0.6 is 0 Å². The number of carbonyl (C=O) groups is 2. The summed E-state index contributed by atoms with van der Waals surface area (Å²) in [6.45, 7) is 9.23. The molecule has 2 atom stereocenters. The minimum Gasteiger partial charge on any atom is -0.506 e. The van der Waals surface area contributed by atoms with E-state index in [1.54, 1.807) is 17.0 Å². The molecular formula is C19H27N3O3. The van der Waals surface area contributed by atoms with Crippen molar-refractivity contribution in [3.8, 4) is 5.75 Å². The van der Waals surface area contributed by atoms with Gasteiger partial charge in [-0.1, -0.05) is 32.9 Å². The van der Waals surface area contributed by atoms with Crippen LogP contribution in [-0.2, 0) is 9.59 Å². The van der Waals surface area contributed by atoms with Crippen LogP contribution in [0.2, 0.25) is 0 Å². The molecule has 2 saturated heterocycles. The molecule has 6 heteroatoms. The van der Waals surface area contributed by atoms with E-state index < -0.39 is 5.92 Å². The zero-order valence-electron chi connectivity index (χ0n) is 15.2. The number of anilines is 1. The molecule has 2 heterocycles. The molecule has 0 spiro atoms. The fraction of sp³-hybridized carbons (Fsp3) is 0.579. The first kappa shape index (κ1) is 17.6. The number of para-hydroxylation sites is 2. The lowest BCUT2D eigenvalue weighted by atomic mass is 9.74. The standard InChI is InChI=1S/C19H27N3O3/c1-19(2,3)13-12-20-17(24)16(13)18(25)22-10-8-21(9-11-22)14-6-4-5-7-15(14)23/h4-7,13,16,23H,8-12H2,1-3H3,(H,20,24). The van der Waals surface area contributed by atoms with Gasteiger partial charge in [-0.2, -0.15) is 0 Å². The molecule has 0 saturated carbocycles. The Bertz CT molecular complexity index is 660. The number of hydrogen-bond donors (Lipinski definition) is 2. The van der Waals surface area contributed by atoms with Gasteiger partial charge in [0.1, 0.15) is 11.7 Å². The van der Waals surface area contributed by atoms with E-state index >= 15 is 0 Å². The van der Waals surface area contributed by atoms with Gasteiger partial charge in [0.25, 0.3) is 0 Å². The molecule has 6 nitrogen and oxygen atoms in total. The molecular weight excluding hydrogens is 318 g/mol. The van der Waals surface area contributed by atoms with E-state index in [0.717, 1.165) is 5.69 Å². The van der Waals surface area contributed by atoms with E-state index in [-0.39, 0.29) is 28.9 Å². The normalized spacial score (nSPS) is 24.4. The van der Waals surface area contributed by atoms with Crippen molar-refractivity contribution < 1.29 is 14.7 Å². The van der Waals surface area contributed by atoms with Crippen LogP contribution in [-0.4, -0.2) is 54.5 Å². The lowest BCUT2D eigenvalue weighted by molar-refractivity contribution is -0.143. The number of rotatable bonds is 2. The maximum absolute atomic E-state index is 13.0. The summed E-state index contributed by atoms with van der Waals surface area (Å²) >= 11 is 0. The predicted octanol–water partition coefficient (Wildman–Crippen LogP) is 1.45. The van der Waals surface area contributed by atoms with Gasteiger partial charge in [0.15, 0.2) is 0 Å². The largest absolute Gasteiger partial charge is 0.506 e. The SMILES string of the molecule is CC(C)(C)C1CNC(=O)C1C(=O)N1CCN(c2ccccc2O)CC1. The molecule has 2 N–H and O–H groups in total. The second-order valence-electron chi connectivity index (χ2n) is 8.00. The van der Waals surface area contributed by atoms with Crippen molar-refractivity contribution in [2.75, 3.05) is 37.6 Å². The summed E-state index contributed by atoms with van der Waals surface area (Å²) in [4.78, 5) is 29.1. The smallest absolute Gasteiger partial charge is 0.235 e. The minimum absolute atomic E-state index is 0.0173. The van der Waals surface area contributed by atoms with Crippen molar-refractivity contribution in [2.24, 2.45) is 17.3 Å². The number of phenols is 1. The van der Waals surface area contributed by atoms with E-state index in [4.69, 9.17) is 0 Å². The summed E-state index contributed by atoms with van der Waals surface area (Å²) in [5.74, 6) is -0.523. The molecule has 2 aliphatic rings. The highest BCUT2D eigenvalue weighted by Gasteiger charge is 2.47. The van der Waals surface area contributed by atoms with Crippen LogP contribution < -0.4 is 10.2 Å². The summed E-state index contributed by atoms with van der Waals surface area (Å²) < 4.78 is 0. The Kier molecular flexibility index (Phi) is 4.62. The molecule has 136 valence electrons. The molecule has 0 radical (unpaired) electrons. The first-order valence-electron chi connectivity index (χ1n) is 8.88. The summed E-state index contributed by atoms with van der Waals surface area (Å²) in [5, 5.41) is 12.9. The molecule has 0 aliphatic carbocycles. The van der Waals surface area contributed by atoms with Crippen molar-refractivity contribution in [1.29, 1.82) is 0 Å². The lowest BCUT2D eigenvalue weighted by Crippen LogP contribution is -2.52. The van der Waals surface area contributed by atoms with Crippen LogP contribution in [0.4, 0.5) is 5.69 Å². The molecule has 1 aromatic rings. The summed E-state index contributed by atoms with van der Waals surface area (Å²) in [7, 11) is 0. The van der Waals surface area contributed by atoms with Gasteiger partial charge in [0, 0.05) is 38.6 Å². The molecule has 2 fully saturated rings. The second kappa shape index (κ2) is 6.58. The van der Waals surface area contributed by atoms with Crippen molar-refractivity contribution in [1.82, 2.24) is 10.2 Å². The van der Waals surface area contributed by atoms with Gasteiger partial charge in [-0.25, -0.2) is 0 Å². The second-order valence-corrected chi connectivity index (χ2v) is 8.00. The van der Waals surface area contributed by atoms with Crippen molar-refractivity contribution in [3.63, 3.8) is 0 Å². The summed E-state index contributed by atoms with van der Waals surface area (Å²) in [6, 6.07) is 7.24. The number of amides is 2. The fourth-order valence-electron chi connectivity index (χ4n) is 3.81. The van der Waals surface area contributed by atoms with Crippen LogP contribution in [0.1, 0.15) is 20.8 Å². The molecule has 0 aromatic heterocycles. The number of benzene rings is 1. The number of nitrogens with zero attached hydrogens (tertiary/aromatic N) is 2. The summed E-state index contributed by atoms with van der Waals surface area (Å²) in [6.07, 6.45) is 0. The first-order chi connectivity index (χ1) is 11.8. The van der Waals surface area contributed by atoms with Gasteiger partial charge in [-0.3, -0.25) is 9.59 Å². The number of nitrogens with one attached hydrogen (secondary N) is 1. The van der Waals surface area contributed by atoms with Gasteiger partial charge in [-0.05, 0) is 17.5 Å². The van der Waals surface area contributed by atoms with Crippen LogP contribution in [0.25, 0.3) is 0 Å². The lowest BCUT2D eigenvalue weighted by Gasteiger charge is -2.38. The highest BCUT2D eigenvalue weighted by Crippen LogP contribution is 2.36. The Morgan fingerprint density at radius 3 is 2.40 bits per heavy atom. The van der Waals surface area contributed by atoms with Crippen molar-refractivity contribution in [3.05, 3.63) is 24.3 Å².